The Bertz CT molecular complexity index is 376. The number of carbonyl (C=O) groups excluding carboxylic acids is 1. The molecule has 110 valence electrons. The molecule has 0 aromatic rings. The third-order valence-electron chi connectivity index (χ3n) is 5.94. The molecule has 0 saturated heterocycles. The van der Waals surface area contributed by atoms with Crippen LogP contribution < -0.4 is 5.73 Å². The van der Waals surface area contributed by atoms with E-state index in [0.717, 1.165) is 25.7 Å². The van der Waals surface area contributed by atoms with Gasteiger partial charge in [-0.25, -0.2) is 0 Å². The number of nitrogens with zero attached hydrogens (tertiary/aromatic N) is 1. The highest BCUT2D eigenvalue weighted by molar-refractivity contribution is 5.78. The van der Waals surface area contributed by atoms with Gasteiger partial charge in [0.1, 0.15) is 0 Å². The van der Waals surface area contributed by atoms with Crippen LogP contribution in [0.1, 0.15) is 52.9 Å². The molecule has 2 saturated carbocycles. The zero-order valence-electron chi connectivity index (χ0n) is 13.0. The maximum Gasteiger partial charge on any atom is 0.224 e. The molecule has 0 unspecified atom stereocenters. The Balaban J connectivity index is 1.98. The zero-order chi connectivity index (χ0) is 14.5. The summed E-state index contributed by atoms with van der Waals surface area (Å²) in [6, 6.07) is 0.244. The van der Waals surface area contributed by atoms with Gasteiger partial charge < -0.3 is 15.4 Å². The van der Waals surface area contributed by atoms with Crippen LogP contribution in [-0.2, 0) is 9.53 Å². The predicted molar refractivity (Wildman–Crippen MR) is 75.8 cm³/mol. The van der Waals surface area contributed by atoms with Gasteiger partial charge in [-0.15, -0.1) is 0 Å². The first-order valence-electron chi connectivity index (χ1n) is 7.25. The normalized spacial score (nSPS) is 35.2. The zero-order valence-corrected chi connectivity index (χ0v) is 13.0. The van der Waals surface area contributed by atoms with Gasteiger partial charge in [-0.05, 0) is 32.6 Å². The second-order valence-corrected chi connectivity index (χ2v) is 7.27. The summed E-state index contributed by atoms with van der Waals surface area (Å²) in [5.41, 5.74) is 5.79. The molecule has 0 radical (unpaired) electrons. The van der Waals surface area contributed by atoms with Gasteiger partial charge in [-0.1, -0.05) is 13.8 Å². The summed E-state index contributed by atoms with van der Waals surface area (Å²) in [6.07, 6.45) is 4.51. The first-order valence-corrected chi connectivity index (χ1v) is 7.25. The number of nitrogens with two attached hydrogens (primary N) is 1. The minimum atomic E-state index is -0.232. The van der Waals surface area contributed by atoms with Crippen LogP contribution in [0.3, 0.4) is 0 Å². The molecule has 0 aromatic heterocycles. The largest absolute Gasteiger partial charge is 0.378 e. The Morgan fingerprint density at radius 1 is 1.37 bits per heavy atom. The van der Waals surface area contributed by atoms with Crippen LogP contribution in [0.5, 0.6) is 0 Å². The van der Waals surface area contributed by atoms with Crippen LogP contribution >= 0.6 is 0 Å². The fourth-order valence-electron chi connectivity index (χ4n) is 3.48. The predicted octanol–water partition coefficient (Wildman–Crippen LogP) is 1.92. The molecule has 2 fully saturated rings. The standard InChI is InChI=1S/C15H28N2O2/c1-13(2)11(9-14(13,3)19-5)17(4)12(18)10-15(16)7-6-8-15/h11H,6-10,16H2,1-5H3/t11-,14+/m0/s1. The van der Waals surface area contributed by atoms with E-state index in [2.05, 4.69) is 20.8 Å². The van der Waals surface area contributed by atoms with E-state index in [1.165, 1.54) is 0 Å². The van der Waals surface area contributed by atoms with Gasteiger partial charge in [-0.2, -0.15) is 0 Å². The lowest BCUT2D eigenvalue weighted by molar-refractivity contribution is -0.207. The summed E-state index contributed by atoms with van der Waals surface area (Å²) >= 11 is 0. The van der Waals surface area contributed by atoms with Crippen molar-refractivity contribution in [3.8, 4) is 0 Å². The molecule has 2 N–H and O–H groups in total. The topological polar surface area (TPSA) is 55.6 Å². The molecule has 2 atom stereocenters. The summed E-state index contributed by atoms with van der Waals surface area (Å²) in [5.74, 6) is 0.179. The SMILES string of the molecule is CO[C@]1(C)C[C@H](N(C)C(=O)CC2(N)CCC2)C1(C)C. The number of hydrogen-bond donors (Lipinski definition) is 1. The first kappa shape index (κ1) is 14.8. The molecular weight excluding hydrogens is 240 g/mol. The highest BCUT2D eigenvalue weighted by Gasteiger charge is 2.60. The van der Waals surface area contributed by atoms with Crippen molar-refractivity contribution in [2.24, 2.45) is 11.1 Å². The van der Waals surface area contributed by atoms with E-state index in [-0.39, 0.29) is 28.5 Å². The van der Waals surface area contributed by atoms with Crippen molar-refractivity contribution in [2.45, 2.75) is 70.1 Å². The molecule has 0 spiro atoms. The van der Waals surface area contributed by atoms with Gasteiger partial charge in [-0.3, -0.25) is 4.79 Å². The summed E-state index contributed by atoms with van der Waals surface area (Å²) in [4.78, 5) is 14.3. The summed E-state index contributed by atoms with van der Waals surface area (Å²) in [5, 5.41) is 0. The lowest BCUT2D eigenvalue weighted by Crippen LogP contribution is -2.69. The van der Waals surface area contributed by atoms with Crippen LogP contribution in [0.4, 0.5) is 0 Å². The van der Waals surface area contributed by atoms with Crippen LogP contribution in [0.2, 0.25) is 0 Å². The Labute approximate surface area is 116 Å². The van der Waals surface area contributed by atoms with E-state index in [4.69, 9.17) is 10.5 Å². The molecule has 0 aliphatic heterocycles. The van der Waals surface area contributed by atoms with Gasteiger partial charge >= 0.3 is 0 Å². The average molecular weight is 268 g/mol. The number of carbonyl (C=O) groups is 1. The second kappa shape index (κ2) is 4.45. The third-order valence-corrected chi connectivity index (χ3v) is 5.94. The Kier molecular flexibility index (Phi) is 3.47. The maximum atomic E-state index is 12.4. The number of rotatable bonds is 4. The number of hydrogen-bond acceptors (Lipinski definition) is 3. The van der Waals surface area contributed by atoms with Crippen LogP contribution in [0.25, 0.3) is 0 Å². The van der Waals surface area contributed by atoms with E-state index >= 15 is 0 Å². The van der Waals surface area contributed by atoms with Crippen molar-refractivity contribution >= 4 is 5.91 Å². The molecule has 1 amide bonds. The fraction of sp³-hybridized carbons (Fsp3) is 0.933. The summed E-state index contributed by atoms with van der Waals surface area (Å²) in [7, 11) is 3.66. The maximum absolute atomic E-state index is 12.4. The van der Waals surface area contributed by atoms with Gasteiger partial charge in [0.15, 0.2) is 0 Å². The van der Waals surface area contributed by atoms with Crippen LogP contribution in [0.15, 0.2) is 0 Å². The van der Waals surface area contributed by atoms with Gasteiger partial charge in [0.25, 0.3) is 0 Å². The average Bonchev–Trinajstić information content (AvgIpc) is 2.32. The number of methoxy groups -OCH3 is 1. The minimum absolute atomic E-state index is 0.0203. The van der Waals surface area contributed by atoms with Crippen molar-refractivity contribution in [2.75, 3.05) is 14.2 Å². The Morgan fingerprint density at radius 3 is 2.32 bits per heavy atom. The molecule has 2 aliphatic rings. The molecule has 4 heteroatoms. The van der Waals surface area contributed by atoms with Crippen LogP contribution in [-0.4, -0.2) is 42.1 Å². The minimum Gasteiger partial charge on any atom is -0.378 e. The van der Waals surface area contributed by atoms with E-state index < -0.39 is 0 Å². The molecule has 0 aromatic carbocycles. The van der Waals surface area contributed by atoms with E-state index in [9.17, 15) is 4.79 Å². The monoisotopic (exact) mass is 268 g/mol. The van der Waals surface area contributed by atoms with Gasteiger partial charge in [0.2, 0.25) is 5.91 Å². The van der Waals surface area contributed by atoms with Crippen molar-refractivity contribution in [3.05, 3.63) is 0 Å². The Hall–Kier alpha value is -0.610. The Morgan fingerprint density at radius 2 is 1.95 bits per heavy atom. The second-order valence-electron chi connectivity index (χ2n) is 7.27. The van der Waals surface area contributed by atoms with Gasteiger partial charge in [0, 0.05) is 37.6 Å². The van der Waals surface area contributed by atoms with E-state index in [1.807, 2.05) is 11.9 Å². The highest BCUT2D eigenvalue weighted by atomic mass is 16.5. The highest BCUT2D eigenvalue weighted by Crippen LogP contribution is 2.53. The lowest BCUT2D eigenvalue weighted by atomic mass is 9.55. The fourth-order valence-corrected chi connectivity index (χ4v) is 3.48. The molecular formula is C15H28N2O2. The van der Waals surface area contributed by atoms with Crippen molar-refractivity contribution in [3.63, 3.8) is 0 Å². The quantitative estimate of drug-likeness (QED) is 0.847. The van der Waals surface area contributed by atoms with Crippen molar-refractivity contribution in [1.82, 2.24) is 4.90 Å². The van der Waals surface area contributed by atoms with E-state index in [1.54, 1.807) is 7.11 Å². The summed E-state index contributed by atoms with van der Waals surface area (Å²) in [6.45, 7) is 6.48. The molecule has 19 heavy (non-hydrogen) atoms. The van der Waals surface area contributed by atoms with E-state index in [0.29, 0.717) is 6.42 Å². The summed E-state index contributed by atoms with van der Waals surface area (Å²) < 4.78 is 5.62. The molecule has 2 aliphatic carbocycles. The number of amides is 1. The van der Waals surface area contributed by atoms with Gasteiger partial charge in [0.05, 0.1) is 5.60 Å². The van der Waals surface area contributed by atoms with Crippen molar-refractivity contribution in [1.29, 1.82) is 0 Å². The van der Waals surface area contributed by atoms with Crippen LogP contribution in [0, 0.1) is 5.41 Å². The lowest BCUT2D eigenvalue weighted by Gasteiger charge is -2.61. The first-order chi connectivity index (χ1) is 8.65. The third kappa shape index (κ3) is 2.19. The van der Waals surface area contributed by atoms with Crippen molar-refractivity contribution < 1.29 is 9.53 Å². The molecule has 0 bridgehead atoms. The number of ether oxygens (including phenoxy) is 1. The molecule has 2 rings (SSSR count). The smallest absolute Gasteiger partial charge is 0.224 e. The molecule has 4 nitrogen and oxygen atoms in total. The molecule has 0 heterocycles.